The summed E-state index contributed by atoms with van der Waals surface area (Å²) in [5.74, 6) is 3.72. The zero-order valence-electron chi connectivity index (χ0n) is 31.4. The van der Waals surface area contributed by atoms with Crippen molar-refractivity contribution in [1.29, 1.82) is 0 Å². The minimum Gasteiger partial charge on any atom is -0.458 e. The Bertz CT molecular complexity index is 2960. The molecule has 4 aliphatic heterocycles. The molecule has 0 N–H and O–H groups in total. The highest BCUT2D eigenvalue weighted by Gasteiger charge is 2.54. The van der Waals surface area contributed by atoms with E-state index in [1.54, 1.807) is 0 Å². The molecule has 0 aromatic heterocycles. The second-order valence-electron chi connectivity index (χ2n) is 16.4. The molecule has 57 heavy (non-hydrogen) atoms. The topological polar surface area (TPSA) is 24.9 Å². The van der Waals surface area contributed by atoms with Gasteiger partial charge in [0, 0.05) is 36.8 Å². The van der Waals surface area contributed by atoms with Gasteiger partial charge < -0.3 is 19.3 Å². The molecular weight excluding hydrogens is 694 g/mol. The van der Waals surface area contributed by atoms with Crippen molar-refractivity contribution in [3.63, 3.8) is 0 Å². The summed E-state index contributed by atoms with van der Waals surface area (Å²) in [5, 5.41) is 0. The molecule has 6 heteroatoms. The van der Waals surface area contributed by atoms with Crippen molar-refractivity contribution in [3.8, 4) is 45.3 Å². The summed E-state index contributed by atoms with van der Waals surface area (Å²) in [5.41, 5.74) is 22.1. The third-order valence-corrected chi connectivity index (χ3v) is 14.0. The first-order valence-electron chi connectivity index (χ1n) is 19.9. The second kappa shape index (κ2) is 10.3. The van der Waals surface area contributed by atoms with Crippen LogP contribution in [0.25, 0.3) is 22.3 Å². The highest BCUT2D eigenvalue weighted by atomic mass is 16.5. The van der Waals surface area contributed by atoms with Gasteiger partial charge >= 0.3 is 0 Å². The zero-order valence-corrected chi connectivity index (χ0v) is 31.4. The van der Waals surface area contributed by atoms with Gasteiger partial charge in [0.15, 0.2) is 0 Å². The molecule has 6 aliphatic rings. The van der Waals surface area contributed by atoms with Gasteiger partial charge in [-0.25, -0.2) is 0 Å². The molecule has 0 fully saturated rings. The van der Waals surface area contributed by atoms with Gasteiger partial charge in [-0.15, -0.1) is 0 Å². The Morgan fingerprint density at radius 3 is 1.28 bits per heavy atom. The molecule has 0 bridgehead atoms. The van der Waals surface area contributed by atoms with Gasteiger partial charge in [-0.2, -0.15) is 0 Å². The van der Waals surface area contributed by atoms with Crippen molar-refractivity contribution in [2.75, 3.05) is 23.9 Å². The van der Waals surface area contributed by atoms with E-state index in [0.717, 1.165) is 23.0 Å². The number of fused-ring (bicyclic) bond motifs is 18. The number of hydrogen-bond acceptors (Lipinski definition) is 4. The number of benzene rings is 8. The SMILES string of the molecule is CN1c2ccccc2B2c3cc4c(cc3Oc3cccc1c32)C1(c2ccccc2-4)c2ccccc2-c2cc3c(cc21)Oc1cccc2c1B3c1ccccc1N2C. The Labute approximate surface area is 331 Å². The number of hydrogen-bond donors (Lipinski definition) is 0. The fraction of sp³-hybridized carbons (Fsp3) is 0.0588. The highest BCUT2D eigenvalue weighted by Crippen LogP contribution is 2.63. The lowest BCUT2D eigenvalue weighted by Crippen LogP contribution is -2.59. The van der Waals surface area contributed by atoms with Crippen LogP contribution in [0.4, 0.5) is 22.7 Å². The van der Waals surface area contributed by atoms with Crippen molar-refractivity contribution >= 4 is 69.0 Å². The molecule has 0 unspecified atom stereocenters. The number of ether oxygens (including phenoxy) is 2. The molecule has 1 spiro atoms. The minimum absolute atomic E-state index is 0.0623. The van der Waals surface area contributed by atoms with Crippen LogP contribution in [0.1, 0.15) is 22.3 Å². The van der Waals surface area contributed by atoms with Crippen LogP contribution in [0.3, 0.4) is 0 Å². The van der Waals surface area contributed by atoms with Gasteiger partial charge in [-0.05, 0) is 126 Å². The summed E-state index contributed by atoms with van der Waals surface area (Å²) in [6, 6.07) is 58.6. The van der Waals surface area contributed by atoms with E-state index in [0.29, 0.717) is 0 Å². The van der Waals surface area contributed by atoms with E-state index in [2.05, 4.69) is 182 Å². The molecule has 264 valence electrons. The van der Waals surface area contributed by atoms with Crippen LogP contribution < -0.4 is 52.1 Å². The first kappa shape index (κ1) is 30.3. The first-order chi connectivity index (χ1) is 28.1. The molecule has 0 atom stereocenters. The number of anilines is 4. The third-order valence-electron chi connectivity index (χ3n) is 14.0. The molecule has 0 saturated heterocycles. The largest absolute Gasteiger partial charge is 0.458 e. The average Bonchev–Trinajstić information content (AvgIpc) is 3.71. The molecule has 8 aromatic rings. The van der Waals surface area contributed by atoms with Gasteiger partial charge in [0.2, 0.25) is 0 Å². The van der Waals surface area contributed by atoms with E-state index in [1.165, 1.54) is 100 Å². The highest BCUT2D eigenvalue weighted by molar-refractivity contribution is 7.00. The van der Waals surface area contributed by atoms with Crippen LogP contribution in [-0.2, 0) is 5.41 Å². The van der Waals surface area contributed by atoms with Gasteiger partial charge in [-0.3, -0.25) is 0 Å². The Morgan fingerprint density at radius 2 is 0.789 bits per heavy atom. The predicted molar refractivity (Wildman–Crippen MR) is 234 cm³/mol. The fourth-order valence-electron chi connectivity index (χ4n) is 11.8. The number of para-hydroxylation sites is 2. The van der Waals surface area contributed by atoms with Crippen LogP contribution in [0.15, 0.2) is 158 Å². The summed E-state index contributed by atoms with van der Waals surface area (Å²) in [6.45, 7) is 0.125. The second-order valence-corrected chi connectivity index (χ2v) is 16.4. The quantitative estimate of drug-likeness (QED) is 0.152. The van der Waals surface area contributed by atoms with Crippen molar-refractivity contribution in [1.82, 2.24) is 0 Å². The molecule has 0 saturated carbocycles. The lowest BCUT2D eigenvalue weighted by molar-refractivity contribution is 0.485. The van der Waals surface area contributed by atoms with Gasteiger partial charge in [0.1, 0.15) is 23.0 Å². The van der Waals surface area contributed by atoms with E-state index < -0.39 is 5.41 Å². The van der Waals surface area contributed by atoms with E-state index in [9.17, 15) is 0 Å². The lowest BCUT2D eigenvalue weighted by atomic mass is 9.34. The lowest BCUT2D eigenvalue weighted by Gasteiger charge is -2.39. The van der Waals surface area contributed by atoms with Crippen molar-refractivity contribution in [2.24, 2.45) is 0 Å². The molecule has 2 aliphatic carbocycles. The summed E-state index contributed by atoms with van der Waals surface area (Å²) >= 11 is 0. The standard InChI is InChI=1S/C51H32B2N2O2/c1-54-41-19-9-7-17-37(41)52-39-25-31-29-13-3-5-15-33(29)51(35(31)27-47(39)56-45-23-11-21-43(54)49(45)52)34-16-6-4-14-30(34)32-26-40-48(28-36(32)51)57-46-24-12-22-44-50(46)53(40)38-18-8-10-20-42(38)55(44)2/h3-28H,1-2H3. The monoisotopic (exact) mass is 726 g/mol. The Kier molecular flexibility index (Phi) is 5.47. The first-order valence-corrected chi connectivity index (χ1v) is 19.9. The van der Waals surface area contributed by atoms with Crippen LogP contribution in [-0.4, -0.2) is 27.5 Å². The van der Waals surface area contributed by atoms with E-state index in [-0.39, 0.29) is 13.4 Å². The molecular formula is C51H32B2N2O2. The molecule has 8 aromatic carbocycles. The summed E-state index contributed by atoms with van der Waals surface area (Å²) in [7, 11) is 4.34. The zero-order chi connectivity index (χ0) is 37.3. The molecule has 14 rings (SSSR count). The molecule has 4 heterocycles. The Morgan fingerprint density at radius 1 is 0.368 bits per heavy atom. The van der Waals surface area contributed by atoms with Crippen molar-refractivity contribution < 1.29 is 9.47 Å². The summed E-state index contributed by atoms with van der Waals surface area (Å²) < 4.78 is 14.1. The van der Waals surface area contributed by atoms with E-state index >= 15 is 0 Å². The fourth-order valence-corrected chi connectivity index (χ4v) is 11.8. The molecule has 0 amide bonds. The van der Waals surface area contributed by atoms with Crippen molar-refractivity contribution in [3.05, 3.63) is 180 Å². The van der Waals surface area contributed by atoms with Gasteiger partial charge in [0.25, 0.3) is 13.4 Å². The van der Waals surface area contributed by atoms with Crippen LogP contribution in [0, 0.1) is 0 Å². The minimum atomic E-state index is -0.561. The number of rotatable bonds is 0. The predicted octanol–water partition coefficient (Wildman–Crippen LogP) is 7.44. The maximum atomic E-state index is 7.05. The van der Waals surface area contributed by atoms with Crippen molar-refractivity contribution in [2.45, 2.75) is 5.41 Å². The van der Waals surface area contributed by atoms with Gasteiger partial charge in [0.05, 0.1) is 5.41 Å². The molecule has 0 radical (unpaired) electrons. The summed E-state index contributed by atoms with van der Waals surface area (Å²) in [6.07, 6.45) is 0. The smallest absolute Gasteiger partial charge is 0.256 e. The van der Waals surface area contributed by atoms with Crippen LogP contribution >= 0.6 is 0 Å². The summed E-state index contributed by atoms with van der Waals surface area (Å²) in [4.78, 5) is 4.63. The third kappa shape index (κ3) is 3.47. The normalized spacial score (nSPS) is 15.5. The molecule has 4 nitrogen and oxygen atoms in total. The Balaban J connectivity index is 1.05. The van der Waals surface area contributed by atoms with Gasteiger partial charge in [-0.1, -0.05) is 109 Å². The van der Waals surface area contributed by atoms with Crippen LogP contribution in [0.5, 0.6) is 23.0 Å². The van der Waals surface area contributed by atoms with E-state index in [1.807, 2.05) is 0 Å². The number of nitrogens with zero attached hydrogens (tertiary/aromatic N) is 2. The average molecular weight is 726 g/mol. The van der Waals surface area contributed by atoms with Crippen LogP contribution in [0.2, 0.25) is 0 Å². The Hall–Kier alpha value is -6.91. The maximum absolute atomic E-state index is 7.05. The maximum Gasteiger partial charge on any atom is 0.256 e. The van der Waals surface area contributed by atoms with E-state index in [4.69, 9.17) is 9.47 Å².